The summed E-state index contributed by atoms with van der Waals surface area (Å²) in [4.78, 5) is 11.6. The average molecular weight is 220 g/mol. The zero-order chi connectivity index (χ0) is 11.2. The Morgan fingerprint density at radius 2 is 1.62 bits per heavy atom. The third-order valence-electron chi connectivity index (χ3n) is 4.60. The molecular weight excluding hydrogens is 200 g/mol. The SMILES string of the molecule is C/C=C\C(=O)OC12CC3CC(CC(C3)C1)C2. The first-order valence-corrected chi connectivity index (χ1v) is 6.55. The Morgan fingerprint density at radius 1 is 1.12 bits per heavy atom. The molecule has 0 spiro atoms. The van der Waals surface area contributed by atoms with E-state index in [4.69, 9.17) is 4.74 Å². The molecule has 4 rings (SSSR count). The van der Waals surface area contributed by atoms with Gasteiger partial charge in [-0.25, -0.2) is 4.79 Å². The topological polar surface area (TPSA) is 26.3 Å². The minimum Gasteiger partial charge on any atom is -0.456 e. The van der Waals surface area contributed by atoms with Crippen LogP contribution in [-0.2, 0) is 9.53 Å². The fourth-order valence-electron chi connectivity index (χ4n) is 4.54. The van der Waals surface area contributed by atoms with Crippen molar-refractivity contribution < 1.29 is 9.53 Å². The molecule has 0 aromatic rings. The molecule has 4 aliphatic rings. The van der Waals surface area contributed by atoms with Crippen LogP contribution in [-0.4, -0.2) is 11.6 Å². The molecule has 16 heavy (non-hydrogen) atoms. The summed E-state index contributed by atoms with van der Waals surface area (Å²) >= 11 is 0. The largest absolute Gasteiger partial charge is 0.456 e. The summed E-state index contributed by atoms with van der Waals surface area (Å²) in [5.41, 5.74) is -0.0780. The quantitative estimate of drug-likeness (QED) is 0.528. The van der Waals surface area contributed by atoms with E-state index in [2.05, 4.69) is 0 Å². The Bertz CT molecular complexity index is 294. The molecule has 0 aromatic carbocycles. The van der Waals surface area contributed by atoms with E-state index in [1.807, 2.05) is 6.92 Å². The van der Waals surface area contributed by atoms with E-state index in [1.54, 1.807) is 12.2 Å². The van der Waals surface area contributed by atoms with Crippen LogP contribution >= 0.6 is 0 Å². The Hall–Kier alpha value is -0.790. The zero-order valence-electron chi connectivity index (χ0n) is 9.95. The van der Waals surface area contributed by atoms with Crippen LogP contribution in [0.15, 0.2) is 12.2 Å². The van der Waals surface area contributed by atoms with Crippen LogP contribution < -0.4 is 0 Å². The molecule has 0 aromatic heterocycles. The van der Waals surface area contributed by atoms with Crippen LogP contribution in [0.2, 0.25) is 0 Å². The number of allylic oxidation sites excluding steroid dienone is 1. The Labute approximate surface area is 97.1 Å². The second-order valence-corrected chi connectivity index (χ2v) is 6.02. The van der Waals surface area contributed by atoms with E-state index in [0.717, 1.165) is 37.0 Å². The van der Waals surface area contributed by atoms with E-state index < -0.39 is 0 Å². The summed E-state index contributed by atoms with van der Waals surface area (Å²) in [6, 6.07) is 0. The standard InChI is InChI=1S/C14H20O2/c1-2-3-13(15)16-14-7-10-4-11(8-14)6-12(5-10)9-14/h2-3,10-12H,4-9H2,1H3/b3-2-. The second kappa shape index (κ2) is 3.61. The molecule has 0 heterocycles. The van der Waals surface area contributed by atoms with E-state index in [-0.39, 0.29) is 11.6 Å². The maximum Gasteiger partial charge on any atom is 0.330 e. The zero-order valence-corrected chi connectivity index (χ0v) is 9.95. The van der Waals surface area contributed by atoms with Gasteiger partial charge in [-0.15, -0.1) is 0 Å². The van der Waals surface area contributed by atoms with Gasteiger partial charge >= 0.3 is 5.97 Å². The van der Waals surface area contributed by atoms with Crippen molar-refractivity contribution in [3.8, 4) is 0 Å². The van der Waals surface area contributed by atoms with Gasteiger partial charge < -0.3 is 4.74 Å². The van der Waals surface area contributed by atoms with Gasteiger partial charge in [0.25, 0.3) is 0 Å². The van der Waals surface area contributed by atoms with Gasteiger partial charge in [-0.05, 0) is 63.2 Å². The van der Waals surface area contributed by atoms with Crippen molar-refractivity contribution in [2.24, 2.45) is 17.8 Å². The number of carbonyl (C=O) groups excluding carboxylic acids is 1. The molecular formula is C14H20O2. The molecule has 0 saturated heterocycles. The third-order valence-corrected chi connectivity index (χ3v) is 4.60. The van der Waals surface area contributed by atoms with Crippen LogP contribution in [0.1, 0.15) is 45.4 Å². The molecule has 0 amide bonds. The Morgan fingerprint density at radius 3 is 2.06 bits per heavy atom. The molecule has 4 fully saturated rings. The first kappa shape index (κ1) is 10.4. The lowest BCUT2D eigenvalue weighted by atomic mass is 9.54. The van der Waals surface area contributed by atoms with Crippen molar-refractivity contribution in [1.82, 2.24) is 0 Å². The number of ether oxygens (including phenoxy) is 1. The molecule has 2 heteroatoms. The summed E-state index contributed by atoms with van der Waals surface area (Å²) < 4.78 is 5.77. The predicted octanol–water partition coefficient (Wildman–Crippen LogP) is 3.07. The van der Waals surface area contributed by atoms with E-state index in [9.17, 15) is 4.79 Å². The molecule has 0 unspecified atom stereocenters. The highest BCUT2D eigenvalue weighted by atomic mass is 16.6. The Kier molecular flexibility index (Phi) is 2.34. The number of hydrogen-bond acceptors (Lipinski definition) is 2. The molecule has 0 aliphatic heterocycles. The second-order valence-electron chi connectivity index (χ2n) is 6.02. The highest BCUT2D eigenvalue weighted by molar-refractivity contribution is 5.82. The monoisotopic (exact) mass is 220 g/mol. The lowest BCUT2D eigenvalue weighted by Crippen LogP contribution is -2.52. The molecule has 0 N–H and O–H groups in total. The van der Waals surface area contributed by atoms with Gasteiger partial charge in [-0.1, -0.05) is 6.08 Å². The molecule has 4 aliphatic carbocycles. The molecule has 0 radical (unpaired) electrons. The fourth-order valence-corrected chi connectivity index (χ4v) is 4.54. The van der Waals surface area contributed by atoms with Gasteiger partial charge in [-0.2, -0.15) is 0 Å². The van der Waals surface area contributed by atoms with Crippen LogP contribution in [0.5, 0.6) is 0 Å². The molecule has 4 bridgehead atoms. The summed E-state index contributed by atoms with van der Waals surface area (Å²) in [7, 11) is 0. The predicted molar refractivity (Wildman–Crippen MR) is 61.8 cm³/mol. The maximum atomic E-state index is 11.6. The van der Waals surface area contributed by atoms with Crippen LogP contribution in [0, 0.1) is 17.8 Å². The first-order chi connectivity index (χ1) is 7.69. The number of carbonyl (C=O) groups is 1. The summed E-state index contributed by atoms with van der Waals surface area (Å²) in [5, 5.41) is 0. The summed E-state index contributed by atoms with van der Waals surface area (Å²) in [6.45, 7) is 1.86. The maximum absolute atomic E-state index is 11.6. The van der Waals surface area contributed by atoms with Crippen LogP contribution in [0.3, 0.4) is 0 Å². The number of hydrogen-bond donors (Lipinski definition) is 0. The van der Waals surface area contributed by atoms with Crippen molar-refractivity contribution in [3.63, 3.8) is 0 Å². The molecule has 4 saturated carbocycles. The molecule has 88 valence electrons. The van der Waals surface area contributed by atoms with Crippen molar-refractivity contribution in [3.05, 3.63) is 12.2 Å². The highest BCUT2D eigenvalue weighted by Crippen LogP contribution is 2.57. The number of esters is 1. The van der Waals surface area contributed by atoms with Crippen molar-refractivity contribution in [2.75, 3.05) is 0 Å². The fraction of sp³-hybridized carbons (Fsp3) is 0.786. The van der Waals surface area contributed by atoms with Gasteiger partial charge in [0.1, 0.15) is 5.60 Å². The molecule has 0 atom stereocenters. The lowest BCUT2D eigenvalue weighted by molar-refractivity contribution is -0.181. The lowest BCUT2D eigenvalue weighted by Gasteiger charge is -2.55. The smallest absolute Gasteiger partial charge is 0.330 e. The van der Waals surface area contributed by atoms with Gasteiger partial charge in [0.05, 0.1) is 0 Å². The van der Waals surface area contributed by atoms with Crippen LogP contribution in [0.4, 0.5) is 0 Å². The third kappa shape index (κ3) is 1.68. The Balaban J connectivity index is 1.76. The van der Waals surface area contributed by atoms with E-state index >= 15 is 0 Å². The van der Waals surface area contributed by atoms with Gasteiger partial charge in [0.15, 0.2) is 0 Å². The van der Waals surface area contributed by atoms with Gasteiger partial charge in [0.2, 0.25) is 0 Å². The normalized spacial score (nSPS) is 45.2. The summed E-state index contributed by atoms with van der Waals surface area (Å²) in [5.74, 6) is 2.38. The highest BCUT2D eigenvalue weighted by Gasteiger charge is 2.52. The number of rotatable bonds is 2. The average Bonchev–Trinajstić information content (AvgIpc) is 2.13. The minimum atomic E-state index is -0.135. The van der Waals surface area contributed by atoms with Crippen molar-refractivity contribution in [1.29, 1.82) is 0 Å². The van der Waals surface area contributed by atoms with Crippen LogP contribution in [0.25, 0.3) is 0 Å². The van der Waals surface area contributed by atoms with Crippen molar-refractivity contribution >= 4 is 5.97 Å². The molecule has 2 nitrogen and oxygen atoms in total. The minimum absolute atomic E-state index is 0.0780. The van der Waals surface area contributed by atoms with Crippen molar-refractivity contribution in [2.45, 2.75) is 51.0 Å². The van der Waals surface area contributed by atoms with Gasteiger partial charge in [-0.3, -0.25) is 0 Å². The van der Waals surface area contributed by atoms with Gasteiger partial charge in [0, 0.05) is 6.08 Å². The van der Waals surface area contributed by atoms with E-state index in [0.29, 0.717) is 0 Å². The van der Waals surface area contributed by atoms with E-state index in [1.165, 1.54) is 19.3 Å². The summed E-state index contributed by atoms with van der Waals surface area (Å²) in [6.07, 6.45) is 10.9. The first-order valence-electron chi connectivity index (χ1n) is 6.55.